The van der Waals surface area contributed by atoms with Crippen molar-refractivity contribution in [3.8, 4) is 11.8 Å². The molecule has 0 aliphatic carbocycles. The molecule has 0 aliphatic rings. The summed E-state index contributed by atoms with van der Waals surface area (Å²) in [4.78, 5) is 0. The highest BCUT2D eigenvalue weighted by atomic mass is 16.5. The van der Waals surface area contributed by atoms with Crippen LogP contribution in [0.1, 0.15) is 18.9 Å². The topological polar surface area (TPSA) is 53.2 Å². The van der Waals surface area contributed by atoms with Gasteiger partial charge in [0.25, 0.3) is 0 Å². The monoisotopic (exact) mass is 205 g/mol. The first-order valence-electron chi connectivity index (χ1n) is 4.96. The number of hydrogen-bond acceptors (Lipinski definition) is 3. The summed E-state index contributed by atoms with van der Waals surface area (Å²) in [7, 11) is 0. The summed E-state index contributed by atoms with van der Waals surface area (Å²) >= 11 is 0. The van der Waals surface area contributed by atoms with Crippen LogP contribution in [0.15, 0.2) is 24.3 Å². The maximum atomic E-state index is 9.05. The Hall–Kier alpha value is -1.53. The van der Waals surface area contributed by atoms with Gasteiger partial charge in [0.15, 0.2) is 0 Å². The first-order chi connectivity index (χ1) is 7.27. The molecule has 80 valence electrons. The van der Waals surface area contributed by atoms with Gasteiger partial charge in [-0.15, -0.1) is 0 Å². The van der Waals surface area contributed by atoms with Gasteiger partial charge in [0.05, 0.1) is 19.3 Å². The smallest absolute Gasteiger partial charge is 0.124 e. The molecule has 1 aromatic carbocycles. The van der Waals surface area contributed by atoms with Crippen LogP contribution >= 0.6 is 0 Å². The SMILES string of the molecule is CC(CC#N)COc1ccccc1CO. The summed E-state index contributed by atoms with van der Waals surface area (Å²) < 4.78 is 5.53. The van der Waals surface area contributed by atoms with Crippen LogP contribution < -0.4 is 4.74 Å². The van der Waals surface area contributed by atoms with Gasteiger partial charge in [-0.1, -0.05) is 25.1 Å². The molecule has 0 aromatic heterocycles. The molecule has 0 spiro atoms. The lowest BCUT2D eigenvalue weighted by molar-refractivity contribution is 0.241. The van der Waals surface area contributed by atoms with E-state index in [4.69, 9.17) is 15.1 Å². The standard InChI is InChI=1S/C12H15NO2/c1-10(6-7-13)9-15-12-5-3-2-4-11(12)8-14/h2-5,10,14H,6,8-9H2,1H3. The number of ether oxygens (including phenoxy) is 1. The molecule has 1 atom stereocenters. The Labute approximate surface area is 89.9 Å². The Morgan fingerprint density at radius 3 is 2.87 bits per heavy atom. The van der Waals surface area contributed by atoms with Gasteiger partial charge in [-0.2, -0.15) is 5.26 Å². The van der Waals surface area contributed by atoms with Crippen LogP contribution in [0.25, 0.3) is 0 Å². The quantitative estimate of drug-likeness (QED) is 0.801. The van der Waals surface area contributed by atoms with Crippen molar-refractivity contribution in [3.05, 3.63) is 29.8 Å². The minimum absolute atomic E-state index is 0.0250. The van der Waals surface area contributed by atoms with Crippen molar-refractivity contribution in [1.82, 2.24) is 0 Å². The van der Waals surface area contributed by atoms with Crippen LogP contribution in [0.5, 0.6) is 5.75 Å². The summed E-state index contributed by atoms with van der Waals surface area (Å²) in [5, 5.41) is 17.5. The number of para-hydroxylation sites is 1. The lowest BCUT2D eigenvalue weighted by Crippen LogP contribution is -2.08. The number of benzene rings is 1. The van der Waals surface area contributed by atoms with Gasteiger partial charge in [0.1, 0.15) is 5.75 Å². The fourth-order valence-electron chi connectivity index (χ4n) is 1.22. The molecular formula is C12H15NO2. The molecule has 0 aliphatic heterocycles. The number of nitrogens with zero attached hydrogens (tertiary/aromatic N) is 1. The van der Waals surface area contributed by atoms with Gasteiger partial charge in [-0.05, 0) is 6.07 Å². The van der Waals surface area contributed by atoms with Crippen LogP contribution in [0, 0.1) is 17.2 Å². The number of aliphatic hydroxyl groups excluding tert-OH is 1. The zero-order valence-electron chi connectivity index (χ0n) is 8.81. The Morgan fingerprint density at radius 2 is 2.20 bits per heavy atom. The predicted octanol–water partition coefficient (Wildman–Crippen LogP) is 2.11. The molecule has 3 heteroatoms. The minimum Gasteiger partial charge on any atom is -0.493 e. The Balaban J connectivity index is 2.54. The lowest BCUT2D eigenvalue weighted by atomic mass is 10.1. The van der Waals surface area contributed by atoms with Crippen molar-refractivity contribution >= 4 is 0 Å². The first-order valence-corrected chi connectivity index (χ1v) is 4.96. The second-order valence-corrected chi connectivity index (χ2v) is 3.54. The molecule has 0 bridgehead atoms. The zero-order valence-corrected chi connectivity index (χ0v) is 8.81. The molecule has 1 rings (SSSR count). The van der Waals surface area contributed by atoms with Gasteiger partial charge in [0, 0.05) is 17.9 Å². The zero-order chi connectivity index (χ0) is 11.1. The van der Waals surface area contributed by atoms with Crippen molar-refractivity contribution in [2.45, 2.75) is 20.0 Å². The first kappa shape index (κ1) is 11.5. The summed E-state index contributed by atoms with van der Waals surface area (Å²) in [6.45, 7) is 2.44. The van der Waals surface area contributed by atoms with E-state index in [0.717, 1.165) is 5.56 Å². The number of hydrogen-bond donors (Lipinski definition) is 1. The van der Waals surface area contributed by atoms with E-state index in [1.54, 1.807) is 0 Å². The summed E-state index contributed by atoms with van der Waals surface area (Å²) in [6, 6.07) is 9.47. The molecule has 0 heterocycles. The summed E-state index contributed by atoms with van der Waals surface area (Å²) in [5.41, 5.74) is 0.779. The molecule has 1 unspecified atom stereocenters. The van der Waals surface area contributed by atoms with Crippen molar-refractivity contribution in [3.63, 3.8) is 0 Å². The molecule has 0 radical (unpaired) electrons. The van der Waals surface area contributed by atoms with Crippen molar-refractivity contribution < 1.29 is 9.84 Å². The number of rotatable bonds is 5. The fourth-order valence-corrected chi connectivity index (χ4v) is 1.22. The summed E-state index contributed by atoms with van der Waals surface area (Å²) in [6.07, 6.45) is 0.487. The fraction of sp³-hybridized carbons (Fsp3) is 0.417. The Kier molecular flexibility index (Phi) is 4.65. The van der Waals surface area contributed by atoms with E-state index in [9.17, 15) is 0 Å². The highest BCUT2D eigenvalue weighted by molar-refractivity contribution is 5.32. The molecule has 1 aromatic rings. The van der Waals surface area contributed by atoms with E-state index in [1.807, 2.05) is 31.2 Å². The van der Waals surface area contributed by atoms with E-state index >= 15 is 0 Å². The maximum Gasteiger partial charge on any atom is 0.124 e. The second kappa shape index (κ2) is 6.05. The van der Waals surface area contributed by atoms with Gasteiger partial charge in [-0.25, -0.2) is 0 Å². The van der Waals surface area contributed by atoms with E-state index in [0.29, 0.717) is 18.8 Å². The molecule has 3 nitrogen and oxygen atoms in total. The molecule has 0 fully saturated rings. The van der Waals surface area contributed by atoms with Crippen LogP contribution in [0.2, 0.25) is 0 Å². The van der Waals surface area contributed by atoms with Crippen LogP contribution in [-0.4, -0.2) is 11.7 Å². The molecule has 15 heavy (non-hydrogen) atoms. The highest BCUT2D eigenvalue weighted by Crippen LogP contribution is 2.18. The van der Waals surface area contributed by atoms with Gasteiger partial charge in [0.2, 0.25) is 0 Å². The largest absolute Gasteiger partial charge is 0.493 e. The van der Waals surface area contributed by atoms with E-state index in [2.05, 4.69) is 6.07 Å². The average Bonchev–Trinajstić information content (AvgIpc) is 2.27. The van der Waals surface area contributed by atoms with Crippen LogP contribution in [0.3, 0.4) is 0 Å². The van der Waals surface area contributed by atoms with Crippen LogP contribution in [-0.2, 0) is 6.61 Å². The van der Waals surface area contributed by atoms with Gasteiger partial charge in [-0.3, -0.25) is 0 Å². The highest BCUT2D eigenvalue weighted by Gasteiger charge is 2.05. The Morgan fingerprint density at radius 1 is 1.47 bits per heavy atom. The maximum absolute atomic E-state index is 9.05. The number of nitriles is 1. The van der Waals surface area contributed by atoms with E-state index in [-0.39, 0.29) is 12.5 Å². The third-order valence-corrected chi connectivity index (χ3v) is 2.11. The molecular weight excluding hydrogens is 190 g/mol. The third-order valence-electron chi connectivity index (χ3n) is 2.11. The van der Waals surface area contributed by atoms with Gasteiger partial charge >= 0.3 is 0 Å². The normalized spacial score (nSPS) is 11.8. The third kappa shape index (κ3) is 3.61. The molecule has 0 amide bonds. The average molecular weight is 205 g/mol. The van der Waals surface area contributed by atoms with Crippen molar-refractivity contribution in [1.29, 1.82) is 5.26 Å². The Bertz CT molecular complexity index is 344. The second-order valence-electron chi connectivity index (χ2n) is 3.54. The van der Waals surface area contributed by atoms with Crippen molar-refractivity contribution in [2.24, 2.45) is 5.92 Å². The molecule has 1 N–H and O–H groups in total. The van der Waals surface area contributed by atoms with E-state index in [1.165, 1.54) is 0 Å². The van der Waals surface area contributed by atoms with Crippen LogP contribution in [0.4, 0.5) is 0 Å². The lowest BCUT2D eigenvalue weighted by Gasteiger charge is -2.12. The van der Waals surface area contributed by atoms with Crippen molar-refractivity contribution in [2.75, 3.05) is 6.61 Å². The number of aliphatic hydroxyl groups is 1. The molecule has 0 saturated carbocycles. The predicted molar refractivity (Wildman–Crippen MR) is 57.3 cm³/mol. The summed E-state index contributed by atoms with van der Waals surface area (Å²) in [5.74, 6) is 0.909. The van der Waals surface area contributed by atoms with Gasteiger partial charge < -0.3 is 9.84 Å². The van der Waals surface area contributed by atoms with E-state index < -0.39 is 0 Å². The molecule has 0 saturated heterocycles. The minimum atomic E-state index is -0.0250.